The summed E-state index contributed by atoms with van der Waals surface area (Å²) in [6.07, 6.45) is -0.507. The first kappa shape index (κ1) is 26.3. The molecule has 0 saturated carbocycles. The molecule has 0 aliphatic heterocycles. The van der Waals surface area contributed by atoms with Crippen molar-refractivity contribution in [3.8, 4) is 0 Å². The molecule has 0 bridgehead atoms. The predicted octanol–water partition coefficient (Wildman–Crippen LogP) is 2.20. The molecule has 0 aromatic heterocycles. The van der Waals surface area contributed by atoms with Crippen LogP contribution in [0.3, 0.4) is 0 Å². The zero-order valence-electron chi connectivity index (χ0n) is 15.4. The Kier molecular flexibility index (Phi) is 11.4. The van der Waals surface area contributed by atoms with Gasteiger partial charge in [-0.15, -0.1) is 12.4 Å². The van der Waals surface area contributed by atoms with Crippen LogP contribution in [0, 0.1) is 0 Å². The molecule has 5 N–H and O–H groups in total. The van der Waals surface area contributed by atoms with Crippen LogP contribution in [0.5, 0.6) is 0 Å². The molecule has 0 radical (unpaired) electrons. The Balaban J connectivity index is -0.000000385. The third-order valence-electron chi connectivity index (χ3n) is 2.91. The average molecular weight is 343 g/mol. The van der Waals surface area contributed by atoms with E-state index in [9.17, 15) is 9.90 Å². The zero-order chi connectivity index (χ0) is 17.6. The Hall–Kier alpha value is -0.560. The van der Waals surface area contributed by atoms with Gasteiger partial charge in [-0.25, -0.2) is 4.79 Å². The van der Waals surface area contributed by atoms with E-state index in [-0.39, 0.29) is 24.5 Å². The summed E-state index contributed by atoms with van der Waals surface area (Å²) in [5.41, 5.74) is 3.14. The van der Waals surface area contributed by atoms with Gasteiger partial charge >= 0.3 is 6.09 Å². The lowest BCUT2D eigenvalue weighted by molar-refractivity contribution is 0.0213. The third kappa shape index (κ3) is 15.8. The fraction of sp³-hybridized carbons (Fsp3) is 0.933. The molecule has 0 aliphatic rings. The van der Waals surface area contributed by atoms with Crippen LogP contribution in [0.2, 0.25) is 0 Å². The largest absolute Gasteiger partial charge is 0.444 e. The number of hydrogen-bond acceptors (Lipinski definition) is 5. The molecular weight excluding hydrogens is 308 g/mol. The van der Waals surface area contributed by atoms with E-state index in [0.717, 1.165) is 0 Å². The van der Waals surface area contributed by atoms with Crippen molar-refractivity contribution in [1.29, 1.82) is 0 Å². The van der Waals surface area contributed by atoms with Crippen molar-refractivity contribution in [3.05, 3.63) is 0 Å². The van der Waals surface area contributed by atoms with Crippen LogP contribution >= 0.6 is 12.4 Å². The van der Waals surface area contributed by atoms with Crippen LogP contribution in [0.4, 0.5) is 4.79 Å². The van der Waals surface area contributed by atoms with Gasteiger partial charge < -0.3 is 26.0 Å². The van der Waals surface area contributed by atoms with E-state index in [4.69, 9.17) is 15.6 Å². The Bertz CT molecular complexity index is 315. The highest BCUT2D eigenvalue weighted by Crippen LogP contribution is 2.10. The van der Waals surface area contributed by atoms with E-state index in [1.807, 2.05) is 0 Å². The van der Waals surface area contributed by atoms with Crippen LogP contribution in [-0.2, 0) is 4.74 Å². The lowest BCUT2D eigenvalue weighted by Crippen LogP contribution is -2.48. The maximum Gasteiger partial charge on any atom is 0.407 e. The third-order valence-corrected chi connectivity index (χ3v) is 2.91. The van der Waals surface area contributed by atoms with E-state index in [0.29, 0.717) is 0 Å². The van der Waals surface area contributed by atoms with Gasteiger partial charge in [0.1, 0.15) is 5.60 Å². The lowest BCUT2D eigenvalue weighted by Gasteiger charge is -2.28. The summed E-state index contributed by atoms with van der Waals surface area (Å²) in [6.45, 7) is 15.5. The van der Waals surface area contributed by atoms with Crippen LogP contribution in [-0.4, -0.2) is 45.2 Å². The molecule has 0 aromatic rings. The Labute approximate surface area is 141 Å². The maximum atomic E-state index is 11.3. The number of alkyl carbamates (subject to hydrolysis) is 1. The van der Waals surface area contributed by atoms with Gasteiger partial charge in [0.25, 0.3) is 0 Å². The molecule has 7 heteroatoms. The molecule has 22 heavy (non-hydrogen) atoms. The second kappa shape index (κ2) is 9.55. The zero-order valence-corrected chi connectivity index (χ0v) is 16.2. The molecule has 1 amide bonds. The van der Waals surface area contributed by atoms with Gasteiger partial charge in [0.2, 0.25) is 0 Å². The van der Waals surface area contributed by atoms with Gasteiger partial charge in [-0.1, -0.05) is 0 Å². The summed E-state index contributed by atoms with van der Waals surface area (Å²) in [4.78, 5) is 11.3. The predicted molar refractivity (Wildman–Crippen MR) is 92.3 cm³/mol. The summed E-state index contributed by atoms with van der Waals surface area (Å²) < 4.78 is 5.04. The summed E-state index contributed by atoms with van der Waals surface area (Å²) in [6, 6.07) is -0.496. The number of carbonyl (C=O) groups excluding carboxylic acids is 1. The monoisotopic (exact) mass is 342 g/mol. The number of nitrogens with two attached hydrogens (primary N) is 1. The number of hydrogen-bond donors (Lipinski definition) is 4. The molecule has 0 aromatic carbocycles. The SMILES string of the molecule is C[C@@H](N)C(C)(C)O.C[C@@H](NC(=O)OC(C)(C)C)C(C)(C)O.Cl. The summed E-state index contributed by atoms with van der Waals surface area (Å²) in [5.74, 6) is 0. The highest BCUT2D eigenvalue weighted by Gasteiger charge is 2.26. The first-order chi connectivity index (χ1) is 8.97. The van der Waals surface area contributed by atoms with E-state index in [1.54, 1.807) is 62.3 Å². The Morgan fingerprint density at radius 3 is 1.50 bits per heavy atom. The number of ether oxygens (including phenoxy) is 1. The van der Waals surface area contributed by atoms with E-state index in [1.165, 1.54) is 0 Å². The maximum absolute atomic E-state index is 11.3. The van der Waals surface area contributed by atoms with Crippen LogP contribution in [0.1, 0.15) is 62.3 Å². The standard InChI is InChI=1S/C10H21NO3.C5H13NO.ClH/c1-7(10(5,6)13)11-8(12)14-9(2,3)4;1-4(6)5(2,3)7;/h7,13H,1-6H3,(H,11,12);4,7H,6H2,1-3H3;1H/t7-;4-;/m11./s1. The van der Waals surface area contributed by atoms with Gasteiger partial charge in [-0.2, -0.15) is 0 Å². The van der Waals surface area contributed by atoms with E-state index >= 15 is 0 Å². The molecule has 0 saturated heterocycles. The number of nitrogens with one attached hydrogen (secondary N) is 1. The second-order valence-electron chi connectivity index (χ2n) is 7.46. The van der Waals surface area contributed by atoms with Gasteiger partial charge in [0, 0.05) is 6.04 Å². The van der Waals surface area contributed by atoms with Crippen molar-refractivity contribution in [2.45, 2.75) is 91.2 Å². The van der Waals surface area contributed by atoms with Crippen molar-refractivity contribution in [2.24, 2.45) is 5.73 Å². The molecule has 2 atom stereocenters. The minimum atomic E-state index is -0.948. The highest BCUT2D eigenvalue weighted by atomic mass is 35.5. The molecule has 6 nitrogen and oxygen atoms in total. The molecule has 0 fully saturated rings. The molecule has 0 rings (SSSR count). The van der Waals surface area contributed by atoms with Gasteiger partial charge in [0.05, 0.1) is 17.2 Å². The summed E-state index contributed by atoms with van der Waals surface area (Å²) in [5, 5.41) is 21.1. The molecule has 0 unspecified atom stereocenters. The van der Waals surface area contributed by atoms with Gasteiger partial charge in [-0.05, 0) is 62.3 Å². The average Bonchev–Trinajstić information content (AvgIpc) is 2.11. The first-order valence-corrected chi connectivity index (χ1v) is 7.16. The van der Waals surface area contributed by atoms with Crippen molar-refractivity contribution in [2.75, 3.05) is 0 Å². The summed E-state index contributed by atoms with van der Waals surface area (Å²) >= 11 is 0. The van der Waals surface area contributed by atoms with E-state index < -0.39 is 22.9 Å². The highest BCUT2D eigenvalue weighted by molar-refractivity contribution is 5.85. The minimum Gasteiger partial charge on any atom is -0.444 e. The smallest absolute Gasteiger partial charge is 0.407 e. The molecule has 0 aliphatic carbocycles. The molecule has 0 heterocycles. The minimum absolute atomic E-state index is 0. The topological polar surface area (TPSA) is 105 Å². The fourth-order valence-corrected chi connectivity index (χ4v) is 0.661. The van der Waals surface area contributed by atoms with Gasteiger partial charge in [-0.3, -0.25) is 0 Å². The van der Waals surface area contributed by atoms with Crippen LogP contribution in [0.25, 0.3) is 0 Å². The number of amides is 1. The number of aliphatic hydroxyl groups is 2. The molecule has 0 spiro atoms. The van der Waals surface area contributed by atoms with E-state index in [2.05, 4.69) is 5.32 Å². The van der Waals surface area contributed by atoms with Gasteiger partial charge in [0.15, 0.2) is 0 Å². The van der Waals surface area contributed by atoms with Crippen molar-refractivity contribution < 1.29 is 19.7 Å². The number of carbonyl (C=O) groups is 1. The second-order valence-corrected chi connectivity index (χ2v) is 7.46. The van der Waals surface area contributed by atoms with Crippen LogP contribution < -0.4 is 11.1 Å². The Morgan fingerprint density at radius 2 is 1.32 bits per heavy atom. The Morgan fingerprint density at radius 1 is 1.00 bits per heavy atom. The van der Waals surface area contributed by atoms with Crippen molar-refractivity contribution in [1.82, 2.24) is 5.32 Å². The van der Waals surface area contributed by atoms with Crippen LogP contribution in [0.15, 0.2) is 0 Å². The first-order valence-electron chi connectivity index (χ1n) is 7.16. The quantitative estimate of drug-likeness (QED) is 0.629. The van der Waals surface area contributed by atoms with Crippen molar-refractivity contribution in [3.63, 3.8) is 0 Å². The number of rotatable bonds is 3. The molecule has 136 valence electrons. The number of halogens is 1. The molecular formula is C15H35ClN2O4. The lowest BCUT2D eigenvalue weighted by atomic mass is 10.0. The summed E-state index contributed by atoms with van der Waals surface area (Å²) in [7, 11) is 0. The fourth-order valence-electron chi connectivity index (χ4n) is 0.661. The normalized spacial score (nSPS) is 14.7. The van der Waals surface area contributed by atoms with Crippen molar-refractivity contribution >= 4 is 18.5 Å².